The average Bonchev–Trinajstić information content (AvgIpc) is 3.18. The van der Waals surface area contributed by atoms with E-state index >= 15 is 0 Å². The highest BCUT2D eigenvalue weighted by Crippen LogP contribution is 2.25. The van der Waals surface area contributed by atoms with Crippen molar-refractivity contribution in [2.45, 2.75) is 6.92 Å². The molecule has 0 aliphatic carbocycles. The number of nitrogens with zero attached hydrogens (tertiary/aromatic N) is 1. The van der Waals surface area contributed by atoms with Crippen LogP contribution in [0.2, 0.25) is 0 Å². The molecule has 0 aliphatic rings. The van der Waals surface area contributed by atoms with E-state index in [0.29, 0.717) is 5.75 Å². The van der Waals surface area contributed by atoms with E-state index in [2.05, 4.69) is 15.3 Å². The molecule has 0 bridgehead atoms. The Kier molecular flexibility index (Phi) is 5.16. The number of ether oxygens (including phenoxy) is 2. The topological polar surface area (TPSA) is 76.2 Å². The third-order valence-corrected chi connectivity index (χ3v) is 4.60. The summed E-state index contributed by atoms with van der Waals surface area (Å²) < 4.78 is 10.7. The number of aromatic amines is 1. The van der Waals surface area contributed by atoms with Crippen molar-refractivity contribution < 1.29 is 14.3 Å². The zero-order valence-corrected chi connectivity index (χ0v) is 16.2. The van der Waals surface area contributed by atoms with E-state index in [1.807, 2.05) is 49.4 Å². The van der Waals surface area contributed by atoms with E-state index in [-0.39, 0.29) is 12.5 Å². The Balaban J connectivity index is 1.46. The lowest BCUT2D eigenvalue weighted by Crippen LogP contribution is -2.20. The highest BCUT2D eigenvalue weighted by Gasteiger charge is 2.10. The van der Waals surface area contributed by atoms with E-state index in [9.17, 15) is 4.79 Å². The average molecular weight is 387 g/mol. The monoisotopic (exact) mass is 387 g/mol. The second-order valence-electron chi connectivity index (χ2n) is 6.64. The summed E-state index contributed by atoms with van der Waals surface area (Å²) in [5.74, 6) is 1.87. The number of aromatic nitrogens is 2. The summed E-state index contributed by atoms with van der Waals surface area (Å²) in [7, 11) is 1.60. The van der Waals surface area contributed by atoms with Crippen LogP contribution >= 0.6 is 0 Å². The summed E-state index contributed by atoms with van der Waals surface area (Å²) in [5, 5.41) is 2.92. The molecule has 0 aliphatic heterocycles. The first-order valence-electron chi connectivity index (χ1n) is 9.25. The van der Waals surface area contributed by atoms with Crippen LogP contribution in [0.3, 0.4) is 0 Å². The molecule has 4 aromatic rings. The maximum atomic E-state index is 12.4. The van der Waals surface area contributed by atoms with E-state index < -0.39 is 0 Å². The van der Waals surface area contributed by atoms with Gasteiger partial charge in [-0.2, -0.15) is 0 Å². The van der Waals surface area contributed by atoms with Gasteiger partial charge in [0.15, 0.2) is 6.61 Å². The van der Waals surface area contributed by atoms with Crippen LogP contribution in [-0.4, -0.2) is 29.6 Å². The minimum Gasteiger partial charge on any atom is -0.497 e. The Morgan fingerprint density at radius 2 is 1.79 bits per heavy atom. The normalized spacial score (nSPS) is 10.7. The van der Waals surface area contributed by atoms with Crippen LogP contribution < -0.4 is 14.8 Å². The SMILES string of the molecule is COc1ccc(OCC(=O)Nc2cc(-c3nc4ccccc4[nH]3)ccc2C)cc1. The highest BCUT2D eigenvalue weighted by molar-refractivity contribution is 5.93. The van der Waals surface area contributed by atoms with Gasteiger partial charge in [-0.3, -0.25) is 4.79 Å². The van der Waals surface area contributed by atoms with E-state index in [0.717, 1.165) is 39.4 Å². The molecule has 1 aromatic heterocycles. The lowest BCUT2D eigenvalue weighted by Gasteiger charge is -2.11. The third-order valence-electron chi connectivity index (χ3n) is 4.60. The summed E-state index contributed by atoms with van der Waals surface area (Å²) >= 11 is 0. The summed E-state index contributed by atoms with van der Waals surface area (Å²) in [6.45, 7) is 1.86. The number of rotatable bonds is 6. The Morgan fingerprint density at radius 3 is 2.55 bits per heavy atom. The van der Waals surface area contributed by atoms with Crippen LogP contribution in [0.1, 0.15) is 5.56 Å². The van der Waals surface area contributed by atoms with Gasteiger partial charge >= 0.3 is 0 Å². The largest absolute Gasteiger partial charge is 0.497 e. The van der Waals surface area contributed by atoms with Gasteiger partial charge in [0.05, 0.1) is 18.1 Å². The minimum absolute atomic E-state index is 0.0827. The number of carbonyl (C=O) groups excluding carboxylic acids is 1. The molecule has 3 aromatic carbocycles. The molecule has 1 amide bonds. The Bertz CT molecular complexity index is 1120. The maximum Gasteiger partial charge on any atom is 0.262 e. The fourth-order valence-electron chi connectivity index (χ4n) is 3.00. The highest BCUT2D eigenvalue weighted by atomic mass is 16.5. The van der Waals surface area contributed by atoms with Gasteiger partial charge in [-0.25, -0.2) is 4.98 Å². The van der Waals surface area contributed by atoms with Crippen LogP contribution in [0.5, 0.6) is 11.5 Å². The Hall–Kier alpha value is -3.80. The van der Waals surface area contributed by atoms with Gasteiger partial charge in [0.25, 0.3) is 5.91 Å². The van der Waals surface area contributed by atoms with Crippen LogP contribution in [0.25, 0.3) is 22.4 Å². The number of anilines is 1. The fraction of sp³-hybridized carbons (Fsp3) is 0.130. The number of imidazole rings is 1. The first kappa shape index (κ1) is 18.6. The molecule has 0 saturated carbocycles. The van der Waals surface area contributed by atoms with Gasteiger partial charge in [-0.05, 0) is 55.0 Å². The van der Waals surface area contributed by atoms with E-state index in [4.69, 9.17) is 9.47 Å². The molecule has 1 heterocycles. The lowest BCUT2D eigenvalue weighted by atomic mass is 10.1. The Labute approximate surface area is 168 Å². The molecule has 4 rings (SSSR count). The predicted molar refractivity (Wildman–Crippen MR) is 113 cm³/mol. The second-order valence-corrected chi connectivity index (χ2v) is 6.64. The first-order valence-corrected chi connectivity index (χ1v) is 9.25. The van der Waals surface area contributed by atoms with Gasteiger partial charge in [0, 0.05) is 11.3 Å². The van der Waals surface area contributed by atoms with Crippen molar-refractivity contribution in [2.75, 3.05) is 19.0 Å². The molecule has 2 N–H and O–H groups in total. The summed E-state index contributed by atoms with van der Waals surface area (Å²) in [4.78, 5) is 20.3. The number of nitrogens with one attached hydrogen (secondary N) is 2. The second kappa shape index (κ2) is 8.06. The summed E-state index contributed by atoms with van der Waals surface area (Å²) in [6.07, 6.45) is 0. The quantitative estimate of drug-likeness (QED) is 0.508. The molecule has 0 radical (unpaired) electrons. The molecule has 6 heteroatoms. The van der Waals surface area contributed by atoms with Crippen LogP contribution in [0.4, 0.5) is 5.69 Å². The number of H-pyrrole nitrogens is 1. The van der Waals surface area contributed by atoms with Gasteiger partial charge < -0.3 is 19.8 Å². The van der Waals surface area contributed by atoms with Crippen molar-refractivity contribution in [3.8, 4) is 22.9 Å². The number of amides is 1. The molecule has 0 saturated heterocycles. The fourth-order valence-corrected chi connectivity index (χ4v) is 3.00. The van der Waals surface area contributed by atoms with Crippen molar-refractivity contribution in [1.82, 2.24) is 9.97 Å². The van der Waals surface area contributed by atoms with Crippen LogP contribution in [0.15, 0.2) is 66.7 Å². The van der Waals surface area contributed by atoms with Crippen molar-refractivity contribution >= 4 is 22.6 Å². The third kappa shape index (κ3) is 4.21. The number of methoxy groups -OCH3 is 1. The van der Waals surface area contributed by atoms with Crippen molar-refractivity contribution in [3.05, 3.63) is 72.3 Å². The number of hydrogen-bond acceptors (Lipinski definition) is 4. The smallest absolute Gasteiger partial charge is 0.262 e. The molecular weight excluding hydrogens is 366 g/mol. The molecule has 0 unspecified atom stereocenters. The molecule has 0 fully saturated rings. The molecule has 146 valence electrons. The molecule has 0 spiro atoms. The number of fused-ring (bicyclic) bond motifs is 1. The van der Waals surface area contributed by atoms with Crippen molar-refractivity contribution in [1.29, 1.82) is 0 Å². The first-order chi connectivity index (χ1) is 14.1. The molecule has 29 heavy (non-hydrogen) atoms. The Morgan fingerprint density at radius 1 is 1.03 bits per heavy atom. The number of aryl methyl sites for hydroxylation is 1. The molecular formula is C23H21N3O3. The summed E-state index contributed by atoms with van der Waals surface area (Å²) in [6, 6.07) is 20.8. The number of hydrogen-bond donors (Lipinski definition) is 2. The number of carbonyl (C=O) groups is 1. The zero-order valence-electron chi connectivity index (χ0n) is 16.2. The van der Waals surface area contributed by atoms with Crippen LogP contribution in [-0.2, 0) is 4.79 Å². The van der Waals surface area contributed by atoms with Crippen molar-refractivity contribution in [3.63, 3.8) is 0 Å². The summed E-state index contributed by atoms with van der Waals surface area (Å²) in [5.41, 5.74) is 4.47. The van der Waals surface area contributed by atoms with E-state index in [1.54, 1.807) is 31.4 Å². The number of benzene rings is 3. The van der Waals surface area contributed by atoms with Crippen molar-refractivity contribution in [2.24, 2.45) is 0 Å². The molecule has 0 atom stereocenters. The van der Waals surface area contributed by atoms with Gasteiger partial charge in [0.2, 0.25) is 0 Å². The number of para-hydroxylation sites is 2. The van der Waals surface area contributed by atoms with Crippen LogP contribution in [0, 0.1) is 6.92 Å². The zero-order chi connectivity index (χ0) is 20.2. The minimum atomic E-state index is -0.231. The van der Waals surface area contributed by atoms with E-state index in [1.165, 1.54) is 0 Å². The lowest BCUT2D eigenvalue weighted by molar-refractivity contribution is -0.118. The predicted octanol–water partition coefficient (Wildman–Crippen LogP) is 4.56. The van der Waals surface area contributed by atoms with Gasteiger partial charge in [-0.15, -0.1) is 0 Å². The maximum absolute atomic E-state index is 12.4. The van der Waals surface area contributed by atoms with Gasteiger partial charge in [-0.1, -0.05) is 24.3 Å². The van der Waals surface area contributed by atoms with Gasteiger partial charge in [0.1, 0.15) is 17.3 Å². The molecule has 6 nitrogen and oxygen atoms in total. The standard InChI is InChI=1S/C23H21N3O3/c1-15-7-8-16(23-25-19-5-3-4-6-20(19)26-23)13-21(15)24-22(27)14-29-18-11-9-17(28-2)10-12-18/h3-13H,14H2,1-2H3,(H,24,27)(H,25,26).